The van der Waals surface area contributed by atoms with Crippen molar-refractivity contribution in [1.82, 2.24) is 0 Å². The number of nitrogens with zero attached hydrogens (tertiary/aromatic N) is 1. The Morgan fingerprint density at radius 2 is 1.88 bits per heavy atom. The fourth-order valence-electron chi connectivity index (χ4n) is 2.20. The maximum absolute atomic E-state index is 12.7. The van der Waals surface area contributed by atoms with Gasteiger partial charge >= 0.3 is 5.97 Å². The number of aryl methyl sites for hydroxylation is 1. The SMILES string of the molecule is COC(=O)CN(C(=O)CSC(=O)C=C(C)C)c1c(C)ccc(Br)c1C. The van der Waals surface area contributed by atoms with Crippen LogP contribution in [0.15, 0.2) is 28.3 Å². The molecule has 0 heterocycles. The van der Waals surface area contributed by atoms with Crippen LogP contribution in [0.25, 0.3) is 0 Å². The normalized spacial score (nSPS) is 10.2. The number of anilines is 1. The molecule has 0 atom stereocenters. The molecule has 1 amide bonds. The van der Waals surface area contributed by atoms with Crippen LogP contribution in [0.1, 0.15) is 25.0 Å². The molecule has 1 rings (SSSR count). The van der Waals surface area contributed by atoms with E-state index in [1.807, 2.05) is 39.8 Å². The van der Waals surface area contributed by atoms with Gasteiger partial charge in [0.1, 0.15) is 6.54 Å². The zero-order valence-corrected chi connectivity index (χ0v) is 17.4. The number of ether oxygens (including phenoxy) is 1. The monoisotopic (exact) mass is 427 g/mol. The number of rotatable bonds is 6. The standard InChI is InChI=1S/C18H22BrNO4S/c1-11(2)8-17(23)25-10-15(21)20(9-16(22)24-5)18-12(3)6-7-14(19)13(18)4/h6-8H,9-10H2,1-5H3. The Bertz CT molecular complexity index is 711. The first-order chi connectivity index (χ1) is 11.7. The molecule has 0 aromatic heterocycles. The molecule has 136 valence electrons. The summed E-state index contributed by atoms with van der Waals surface area (Å²) < 4.78 is 5.55. The Kier molecular flexibility index (Phi) is 8.38. The number of benzene rings is 1. The summed E-state index contributed by atoms with van der Waals surface area (Å²) in [4.78, 5) is 37.7. The van der Waals surface area contributed by atoms with Crippen molar-refractivity contribution in [3.05, 3.63) is 39.4 Å². The number of hydrogen-bond donors (Lipinski definition) is 0. The Morgan fingerprint density at radius 3 is 2.44 bits per heavy atom. The average Bonchev–Trinajstić information content (AvgIpc) is 2.54. The van der Waals surface area contributed by atoms with Crippen molar-refractivity contribution in [2.24, 2.45) is 0 Å². The quantitative estimate of drug-likeness (QED) is 0.510. The fraction of sp³-hybridized carbons (Fsp3) is 0.389. The number of esters is 1. The largest absolute Gasteiger partial charge is 0.468 e. The molecule has 1 aromatic carbocycles. The second-order valence-corrected chi connectivity index (χ2v) is 7.56. The van der Waals surface area contributed by atoms with Crippen LogP contribution >= 0.6 is 27.7 Å². The van der Waals surface area contributed by atoms with Crippen LogP contribution in [0, 0.1) is 13.8 Å². The van der Waals surface area contributed by atoms with Crippen molar-refractivity contribution in [3.8, 4) is 0 Å². The van der Waals surface area contributed by atoms with Gasteiger partial charge in [0.05, 0.1) is 18.6 Å². The summed E-state index contributed by atoms with van der Waals surface area (Å²) in [6, 6.07) is 3.76. The third-order valence-electron chi connectivity index (χ3n) is 3.40. The van der Waals surface area contributed by atoms with Gasteiger partial charge in [-0.3, -0.25) is 19.3 Å². The Morgan fingerprint density at radius 1 is 1.24 bits per heavy atom. The van der Waals surface area contributed by atoms with E-state index >= 15 is 0 Å². The third kappa shape index (κ3) is 6.32. The van der Waals surface area contributed by atoms with E-state index in [9.17, 15) is 14.4 Å². The van der Waals surface area contributed by atoms with Gasteiger partial charge in [0.2, 0.25) is 11.0 Å². The first-order valence-electron chi connectivity index (χ1n) is 7.62. The molecule has 0 N–H and O–H groups in total. The lowest BCUT2D eigenvalue weighted by Gasteiger charge is -2.25. The highest BCUT2D eigenvalue weighted by atomic mass is 79.9. The number of amides is 1. The number of hydrogen-bond acceptors (Lipinski definition) is 5. The van der Waals surface area contributed by atoms with E-state index in [-0.39, 0.29) is 23.3 Å². The maximum Gasteiger partial charge on any atom is 0.325 e. The molecule has 0 saturated carbocycles. The molecule has 0 aliphatic rings. The predicted molar refractivity (Wildman–Crippen MR) is 105 cm³/mol. The van der Waals surface area contributed by atoms with E-state index < -0.39 is 5.97 Å². The fourth-order valence-corrected chi connectivity index (χ4v) is 3.26. The van der Waals surface area contributed by atoms with E-state index in [1.54, 1.807) is 0 Å². The highest BCUT2D eigenvalue weighted by Gasteiger charge is 2.24. The van der Waals surface area contributed by atoms with Crippen LogP contribution in [0.4, 0.5) is 5.69 Å². The molecule has 0 aliphatic carbocycles. The van der Waals surface area contributed by atoms with Gasteiger partial charge in [-0.2, -0.15) is 0 Å². The molecule has 0 radical (unpaired) electrons. The summed E-state index contributed by atoms with van der Waals surface area (Å²) in [6.45, 7) is 7.17. The summed E-state index contributed by atoms with van der Waals surface area (Å²) in [5, 5.41) is -0.186. The molecule has 25 heavy (non-hydrogen) atoms. The van der Waals surface area contributed by atoms with Crippen LogP contribution in [0.3, 0.4) is 0 Å². The minimum Gasteiger partial charge on any atom is -0.468 e. The first kappa shape index (κ1) is 21.4. The Labute approximate surface area is 160 Å². The molecule has 7 heteroatoms. The highest BCUT2D eigenvalue weighted by Crippen LogP contribution is 2.31. The third-order valence-corrected chi connectivity index (χ3v) is 5.05. The summed E-state index contributed by atoms with van der Waals surface area (Å²) in [5.41, 5.74) is 3.23. The van der Waals surface area contributed by atoms with Crippen molar-refractivity contribution in [2.75, 3.05) is 24.3 Å². The average molecular weight is 428 g/mol. The smallest absolute Gasteiger partial charge is 0.325 e. The lowest BCUT2D eigenvalue weighted by Crippen LogP contribution is -2.38. The van der Waals surface area contributed by atoms with Crippen LogP contribution in [-0.2, 0) is 19.1 Å². The van der Waals surface area contributed by atoms with Crippen LogP contribution in [0.5, 0.6) is 0 Å². The molecule has 0 unspecified atom stereocenters. The van der Waals surface area contributed by atoms with Crippen molar-refractivity contribution in [3.63, 3.8) is 0 Å². The van der Waals surface area contributed by atoms with E-state index in [0.717, 1.165) is 32.9 Å². The van der Waals surface area contributed by atoms with Crippen molar-refractivity contribution >= 4 is 50.4 Å². The maximum atomic E-state index is 12.7. The van der Waals surface area contributed by atoms with Gasteiger partial charge in [0, 0.05) is 4.47 Å². The second-order valence-electron chi connectivity index (χ2n) is 5.72. The molecule has 0 aliphatic heterocycles. The van der Waals surface area contributed by atoms with Crippen molar-refractivity contribution in [2.45, 2.75) is 27.7 Å². The van der Waals surface area contributed by atoms with Crippen molar-refractivity contribution in [1.29, 1.82) is 0 Å². The zero-order valence-electron chi connectivity index (χ0n) is 15.0. The van der Waals surface area contributed by atoms with Gasteiger partial charge in [-0.15, -0.1) is 0 Å². The van der Waals surface area contributed by atoms with Gasteiger partial charge in [0.15, 0.2) is 0 Å². The first-order valence-corrected chi connectivity index (χ1v) is 9.39. The number of thioether (sulfide) groups is 1. The molecular formula is C18H22BrNO4S. The van der Waals surface area contributed by atoms with Gasteiger partial charge < -0.3 is 4.74 Å². The van der Waals surface area contributed by atoms with E-state index in [1.165, 1.54) is 18.1 Å². The molecule has 0 saturated heterocycles. The summed E-state index contributed by atoms with van der Waals surface area (Å²) in [6.07, 6.45) is 1.48. The topological polar surface area (TPSA) is 63.7 Å². The second kappa shape index (κ2) is 9.77. The van der Waals surface area contributed by atoms with E-state index in [4.69, 9.17) is 4.74 Å². The number of carbonyl (C=O) groups is 3. The minimum absolute atomic E-state index is 0.0506. The highest BCUT2D eigenvalue weighted by molar-refractivity contribution is 9.10. The zero-order chi connectivity index (χ0) is 19.1. The molecule has 5 nitrogen and oxygen atoms in total. The Hall–Kier alpha value is -1.60. The van der Waals surface area contributed by atoms with E-state index in [2.05, 4.69) is 15.9 Å². The molecular weight excluding hydrogens is 406 g/mol. The van der Waals surface area contributed by atoms with Crippen molar-refractivity contribution < 1.29 is 19.1 Å². The van der Waals surface area contributed by atoms with Crippen LogP contribution < -0.4 is 4.90 Å². The molecule has 0 bridgehead atoms. The van der Waals surface area contributed by atoms with Crippen LogP contribution in [0.2, 0.25) is 0 Å². The number of carbonyl (C=O) groups excluding carboxylic acids is 3. The minimum atomic E-state index is -0.521. The van der Waals surface area contributed by atoms with Crippen LogP contribution in [-0.4, -0.2) is 36.4 Å². The van der Waals surface area contributed by atoms with Gasteiger partial charge in [-0.25, -0.2) is 0 Å². The Balaban J connectivity index is 3.11. The lowest BCUT2D eigenvalue weighted by atomic mass is 10.1. The summed E-state index contributed by atoms with van der Waals surface area (Å²) in [7, 11) is 1.28. The lowest BCUT2D eigenvalue weighted by molar-refractivity contribution is -0.139. The van der Waals surface area contributed by atoms with Gasteiger partial charge in [0.25, 0.3) is 0 Å². The summed E-state index contributed by atoms with van der Waals surface area (Å²) in [5.74, 6) is -0.895. The number of allylic oxidation sites excluding steroid dienone is 1. The van der Waals surface area contributed by atoms with Gasteiger partial charge in [-0.05, 0) is 51.0 Å². The van der Waals surface area contributed by atoms with E-state index in [0.29, 0.717) is 5.69 Å². The van der Waals surface area contributed by atoms with Gasteiger partial charge in [-0.1, -0.05) is 39.3 Å². The predicted octanol–water partition coefficient (Wildman–Crippen LogP) is 3.80. The summed E-state index contributed by atoms with van der Waals surface area (Å²) >= 11 is 4.37. The molecule has 1 aromatic rings. The number of methoxy groups -OCH3 is 1. The number of halogens is 1. The molecule has 0 spiro atoms. The molecule has 0 fully saturated rings.